The van der Waals surface area contributed by atoms with Gasteiger partial charge in [-0.05, 0) is 39.3 Å². The number of likely N-dealkylation sites (tertiary alicyclic amines) is 1. The first-order chi connectivity index (χ1) is 10.1. The van der Waals surface area contributed by atoms with Crippen molar-refractivity contribution < 1.29 is 14.6 Å². The van der Waals surface area contributed by atoms with E-state index in [0.29, 0.717) is 17.5 Å². The van der Waals surface area contributed by atoms with E-state index in [9.17, 15) is 5.11 Å². The van der Waals surface area contributed by atoms with E-state index in [4.69, 9.17) is 9.47 Å². The van der Waals surface area contributed by atoms with E-state index in [1.165, 1.54) is 33.3 Å². The Morgan fingerprint density at radius 1 is 1.33 bits per heavy atom. The zero-order valence-electron chi connectivity index (χ0n) is 13.3. The molecule has 21 heavy (non-hydrogen) atoms. The van der Waals surface area contributed by atoms with E-state index in [2.05, 4.69) is 28.7 Å². The molecule has 2 unspecified atom stereocenters. The summed E-state index contributed by atoms with van der Waals surface area (Å²) in [7, 11) is 3.05. The molecule has 6 heteroatoms. The average molecular weight is 295 g/mol. The molecule has 1 saturated heterocycles. The predicted molar refractivity (Wildman–Crippen MR) is 79.6 cm³/mol. The molecule has 0 spiro atoms. The van der Waals surface area contributed by atoms with E-state index in [1.54, 1.807) is 0 Å². The normalized spacial score (nSPS) is 20.0. The molecule has 0 aromatic carbocycles. The summed E-state index contributed by atoms with van der Waals surface area (Å²) in [6.07, 6.45) is 3.93. The van der Waals surface area contributed by atoms with Gasteiger partial charge in [0.25, 0.3) is 0 Å². The number of aliphatic hydroxyl groups excluding tert-OH is 1. The third kappa shape index (κ3) is 2.96. The minimum Gasteiger partial charge on any atom is -0.480 e. The van der Waals surface area contributed by atoms with Gasteiger partial charge >= 0.3 is 0 Å². The zero-order chi connectivity index (χ0) is 15.5. The Kier molecular flexibility index (Phi) is 5.00. The lowest BCUT2D eigenvalue weighted by Gasteiger charge is -2.41. The van der Waals surface area contributed by atoms with E-state index in [-0.39, 0.29) is 5.54 Å². The van der Waals surface area contributed by atoms with Crippen molar-refractivity contribution in [1.82, 2.24) is 14.9 Å². The van der Waals surface area contributed by atoms with Crippen LogP contribution in [0.3, 0.4) is 0 Å². The Morgan fingerprint density at radius 2 is 2.00 bits per heavy atom. The van der Waals surface area contributed by atoms with Crippen molar-refractivity contribution in [3.8, 4) is 11.8 Å². The van der Waals surface area contributed by atoms with E-state index in [0.717, 1.165) is 19.5 Å². The summed E-state index contributed by atoms with van der Waals surface area (Å²) in [5.74, 6) is 0.697. The van der Waals surface area contributed by atoms with Crippen molar-refractivity contribution in [1.29, 1.82) is 0 Å². The molecule has 1 N–H and O–H groups in total. The second-order valence-corrected chi connectivity index (χ2v) is 5.61. The molecule has 2 rings (SSSR count). The van der Waals surface area contributed by atoms with Gasteiger partial charge in [0.15, 0.2) is 0 Å². The standard InChI is InChI=1S/C15H25N3O3/c1-5-15(2,18-8-6-7-9-18)13(19)12-14(21-4)17-11(20-3)10-16-12/h10,13,19H,5-9H2,1-4H3. The second-order valence-electron chi connectivity index (χ2n) is 5.61. The maximum Gasteiger partial charge on any atom is 0.241 e. The van der Waals surface area contributed by atoms with Crippen LogP contribution in [0.2, 0.25) is 0 Å². The van der Waals surface area contributed by atoms with Gasteiger partial charge in [-0.25, -0.2) is 4.98 Å². The van der Waals surface area contributed by atoms with Gasteiger partial charge in [-0.15, -0.1) is 0 Å². The molecule has 1 aromatic rings. The van der Waals surface area contributed by atoms with Gasteiger partial charge in [0, 0.05) is 5.54 Å². The molecule has 1 aromatic heterocycles. The van der Waals surface area contributed by atoms with E-state index >= 15 is 0 Å². The van der Waals surface area contributed by atoms with Crippen LogP contribution in [0, 0.1) is 0 Å². The van der Waals surface area contributed by atoms with Crippen LogP contribution in [0.15, 0.2) is 6.20 Å². The monoisotopic (exact) mass is 295 g/mol. The first-order valence-corrected chi connectivity index (χ1v) is 7.44. The molecule has 2 atom stereocenters. The van der Waals surface area contributed by atoms with Gasteiger partial charge in [0.2, 0.25) is 11.8 Å². The van der Waals surface area contributed by atoms with Crippen LogP contribution in [-0.2, 0) is 0 Å². The fourth-order valence-corrected chi connectivity index (χ4v) is 2.91. The van der Waals surface area contributed by atoms with E-state index < -0.39 is 6.10 Å². The van der Waals surface area contributed by atoms with Crippen molar-refractivity contribution in [3.63, 3.8) is 0 Å². The van der Waals surface area contributed by atoms with Crippen molar-refractivity contribution in [2.24, 2.45) is 0 Å². The lowest BCUT2D eigenvalue weighted by atomic mass is 9.87. The number of aliphatic hydroxyl groups is 1. The van der Waals surface area contributed by atoms with Crippen LogP contribution in [0.5, 0.6) is 11.8 Å². The summed E-state index contributed by atoms with van der Waals surface area (Å²) in [6, 6.07) is 0. The third-order valence-corrected chi connectivity index (χ3v) is 4.54. The Bertz CT molecular complexity index is 477. The van der Waals surface area contributed by atoms with Gasteiger partial charge in [-0.3, -0.25) is 4.90 Å². The molecule has 0 amide bonds. The predicted octanol–water partition coefficient (Wildman–Crippen LogP) is 1.79. The van der Waals surface area contributed by atoms with Crippen molar-refractivity contribution in [3.05, 3.63) is 11.9 Å². The molecule has 0 radical (unpaired) electrons. The number of rotatable bonds is 6. The number of nitrogens with zero attached hydrogens (tertiary/aromatic N) is 3. The lowest BCUT2D eigenvalue weighted by molar-refractivity contribution is -0.0179. The first-order valence-electron chi connectivity index (χ1n) is 7.44. The lowest BCUT2D eigenvalue weighted by Crippen LogP contribution is -2.49. The maximum atomic E-state index is 10.9. The Balaban J connectivity index is 2.34. The molecule has 6 nitrogen and oxygen atoms in total. The molecular formula is C15H25N3O3. The third-order valence-electron chi connectivity index (χ3n) is 4.54. The Hall–Kier alpha value is -1.40. The Morgan fingerprint density at radius 3 is 2.52 bits per heavy atom. The summed E-state index contributed by atoms with van der Waals surface area (Å²) in [5, 5.41) is 10.9. The van der Waals surface area contributed by atoms with Crippen LogP contribution in [0.25, 0.3) is 0 Å². The highest BCUT2D eigenvalue weighted by atomic mass is 16.5. The highest BCUT2D eigenvalue weighted by Gasteiger charge is 2.41. The Labute approximate surface area is 126 Å². The second kappa shape index (κ2) is 6.58. The SMILES string of the molecule is CCC(C)(C(O)c1ncc(OC)nc1OC)N1CCCC1. The van der Waals surface area contributed by atoms with Gasteiger partial charge < -0.3 is 14.6 Å². The molecule has 118 valence electrons. The average Bonchev–Trinajstić information content (AvgIpc) is 3.07. The minimum atomic E-state index is -0.756. The number of hydrogen-bond donors (Lipinski definition) is 1. The van der Waals surface area contributed by atoms with Gasteiger partial charge in [-0.1, -0.05) is 6.92 Å². The summed E-state index contributed by atoms with van der Waals surface area (Å²) >= 11 is 0. The maximum absolute atomic E-state index is 10.9. The molecule has 2 heterocycles. The fraction of sp³-hybridized carbons (Fsp3) is 0.733. The minimum absolute atomic E-state index is 0.320. The summed E-state index contributed by atoms with van der Waals surface area (Å²) in [4.78, 5) is 10.9. The number of ether oxygens (including phenoxy) is 2. The van der Waals surface area contributed by atoms with Crippen LogP contribution < -0.4 is 9.47 Å². The molecule has 0 aliphatic carbocycles. The summed E-state index contributed by atoms with van der Waals surface area (Å²) in [5.41, 5.74) is 0.0992. The van der Waals surface area contributed by atoms with Gasteiger partial charge in [-0.2, -0.15) is 4.98 Å². The first kappa shape index (κ1) is 16.0. The highest BCUT2D eigenvalue weighted by Crippen LogP contribution is 2.38. The van der Waals surface area contributed by atoms with Crippen molar-refractivity contribution in [2.45, 2.75) is 44.8 Å². The number of methoxy groups -OCH3 is 2. The largest absolute Gasteiger partial charge is 0.480 e. The molecular weight excluding hydrogens is 270 g/mol. The molecule has 0 bridgehead atoms. The fourth-order valence-electron chi connectivity index (χ4n) is 2.91. The highest BCUT2D eigenvalue weighted by molar-refractivity contribution is 5.27. The van der Waals surface area contributed by atoms with Gasteiger partial charge in [0.1, 0.15) is 11.8 Å². The molecule has 0 saturated carbocycles. The molecule has 1 fully saturated rings. The topological polar surface area (TPSA) is 67.7 Å². The van der Waals surface area contributed by atoms with Crippen molar-refractivity contribution in [2.75, 3.05) is 27.3 Å². The quantitative estimate of drug-likeness (QED) is 0.863. The summed E-state index contributed by atoms with van der Waals surface area (Å²) in [6.45, 7) is 6.18. The number of hydrogen-bond acceptors (Lipinski definition) is 6. The van der Waals surface area contributed by atoms with Crippen LogP contribution >= 0.6 is 0 Å². The van der Waals surface area contributed by atoms with Crippen LogP contribution in [0.1, 0.15) is 44.9 Å². The van der Waals surface area contributed by atoms with Gasteiger partial charge in [0.05, 0.1) is 20.4 Å². The zero-order valence-corrected chi connectivity index (χ0v) is 13.3. The van der Waals surface area contributed by atoms with Crippen LogP contribution in [0.4, 0.5) is 0 Å². The number of aromatic nitrogens is 2. The van der Waals surface area contributed by atoms with Crippen LogP contribution in [-0.4, -0.2) is 52.8 Å². The smallest absolute Gasteiger partial charge is 0.241 e. The molecule has 1 aliphatic heterocycles. The van der Waals surface area contributed by atoms with E-state index in [1.807, 2.05) is 0 Å². The van der Waals surface area contributed by atoms with Crippen molar-refractivity contribution >= 4 is 0 Å². The molecule has 1 aliphatic rings. The summed E-state index contributed by atoms with van der Waals surface area (Å²) < 4.78 is 10.3.